The summed E-state index contributed by atoms with van der Waals surface area (Å²) >= 11 is 0. The molecule has 0 aliphatic rings. The number of unbranched alkanes of at least 4 members (excludes halogenated alkanes) is 15. The molecule has 0 aromatic rings. The summed E-state index contributed by atoms with van der Waals surface area (Å²) in [5, 5.41) is 0. The zero-order chi connectivity index (χ0) is 61.9. The summed E-state index contributed by atoms with van der Waals surface area (Å²) in [4.78, 5) is 55.8. The Morgan fingerprint density at radius 2 is 0.450 bits per heavy atom. The van der Waals surface area contributed by atoms with Crippen molar-refractivity contribution >= 4 is 28.9 Å². The highest BCUT2D eigenvalue weighted by Crippen LogP contribution is 2.12. The lowest BCUT2D eigenvalue weighted by Crippen LogP contribution is -2.05. The van der Waals surface area contributed by atoms with E-state index in [0.717, 1.165) is 109 Å². The Bertz CT molecular complexity index is 1540. The van der Waals surface area contributed by atoms with E-state index in [1.165, 1.54) is 96.3 Å². The lowest BCUT2D eigenvalue weighted by Gasteiger charge is -2.03. The number of hydrogen-bond acceptors (Lipinski definition) is 5. The van der Waals surface area contributed by atoms with E-state index in [2.05, 4.69) is 134 Å². The van der Waals surface area contributed by atoms with Gasteiger partial charge in [-0.05, 0) is 109 Å². The number of rotatable bonds is 44. The summed E-state index contributed by atoms with van der Waals surface area (Å²) in [5.41, 5.74) is 0. The molecule has 0 rings (SSSR count). The van der Waals surface area contributed by atoms with Crippen molar-refractivity contribution in [3.63, 3.8) is 0 Å². The van der Waals surface area contributed by atoms with Crippen molar-refractivity contribution in [2.45, 2.75) is 330 Å². The molecule has 0 spiro atoms. The van der Waals surface area contributed by atoms with Gasteiger partial charge in [-0.15, -0.1) is 0 Å². The third kappa shape index (κ3) is 88.4. The van der Waals surface area contributed by atoms with Gasteiger partial charge in [-0.25, -0.2) is 0 Å². The largest absolute Gasteiger partial charge is 0.299 e. The summed E-state index contributed by atoms with van der Waals surface area (Å²) in [6.07, 6.45) is 66.5. The molecule has 0 heterocycles. The number of ketones is 5. The molecule has 0 amide bonds. The molecule has 5 nitrogen and oxygen atoms in total. The molecular weight excluding hydrogens is 981 g/mol. The van der Waals surface area contributed by atoms with Crippen LogP contribution in [0.5, 0.6) is 0 Å². The maximum absolute atomic E-state index is 11.5. The maximum atomic E-state index is 11.5. The Kier molecular flexibility index (Phi) is 80.7. The van der Waals surface area contributed by atoms with Crippen molar-refractivity contribution in [2.24, 2.45) is 35.5 Å². The van der Waals surface area contributed by atoms with Gasteiger partial charge in [0.1, 0.15) is 28.9 Å². The monoisotopic (exact) mass is 1120 g/mol. The van der Waals surface area contributed by atoms with E-state index in [4.69, 9.17) is 0 Å². The van der Waals surface area contributed by atoms with Gasteiger partial charge in [0.15, 0.2) is 0 Å². The Hall–Kier alpha value is -3.47. The van der Waals surface area contributed by atoms with Crippen molar-refractivity contribution in [1.29, 1.82) is 0 Å². The van der Waals surface area contributed by atoms with Gasteiger partial charge in [0.05, 0.1) is 0 Å². The van der Waals surface area contributed by atoms with Gasteiger partial charge in [-0.1, -0.05) is 280 Å². The number of carbonyl (C=O) groups is 5. The van der Waals surface area contributed by atoms with Gasteiger partial charge in [0.25, 0.3) is 0 Å². The summed E-state index contributed by atoms with van der Waals surface area (Å²) < 4.78 is 0. The van der Waals surface area contributed by atoms with Crippen LogP contribution < -0.4 is 0 Å². The Labute approximate surface area is 501 Å². The first kappa shape index (κ1) is 87.8. The minimum absolute atomic E-state index is 0.179. The fraction of sp³-hybridized carbons (Fsp3) is 0.747. The van der Waals surface area contributed by atoms with Gasteiger partial charge in [0.2, 0.25) is 0 Å². The van der Waals surface area contributed by atoms with Crippen LogP contribution in [0.4, 0.5) is 0 Å². The number of Topliss-reactive ketones (excluding diaryl/α,β-unsaturated/α-hetero) is 5. The van der Waals surface area contributed by atoms with Crippen LogP contribution >= 0.6 is 0 Å². The highest BCUT2D eigenvalue weighted by Gasteiger charge is 2.08. The van der Waals surface area contributed by atoms with Crippen LogP contribution in [0.3, 0.4) is 0 Å². The first-order valence-corrected chi connectivity index (χ1v) is 33.3. The van der Waals surface area contributed by atoms with Gasteiger partial charge in [-0.3, -0.25) is 24.0 Å². The van der Waals surface area contributed by atoms with Crippen LogP contribution in [0, 0.1) is 35.5 Å². The van der Waals surface area contributed by atoms with Crippen LogP contribution in [0.2, 0.25) is 0 Å². The van der Waals surface area contributed by atoms with E-state index in [1.807, 2.05) is 76.2 Å². The van der Waals surface area contributed by atoms with Crippen LogP contribution in [-0.4, -0.2) is 28.9 Å². The maximum Gasteiger partial charge on any atom is 0.135 e. The molecule has 0 aliphatic heterocycles. The molecule has 468 valence electrons. The second-order valence-corrected chi connectivity index (χ2v) is 23.8. The average Bonchev–Trinajstić information content (AvgIpc) is 3.40. The Morgan fingerprint density at radius 1 is 0.237 bits per heavy atom. The molecule has 0 aromatic carbocycles. The Morgan fingerprint density at radius 3 is 0.725 bits per heavy atom. The van der Waals surface area contributed by atoms with Crippen molar-refractivity contribution in [2.75, 3.05) is 0 Å². The first-order valence-electron chi connectivity index (χ1n) is 33.3. The topological polar surface area (TPSA) is 85.3 Å². The molecule has 0 unspecified atom stereocenters. The molecule has 0 radical (unpaired) electrons. The van der Waals surface area contributed by atoms with E-state index < -0.39 is 0 Å². The summed E-state index contributed by atoms with van der Waals surface area (Å²) in [5.74, 6) is 3.93. The van der Waals surface area contributed by atoms with Crippen molar-refractivity contribution in [3.05, 3.63) is 85.1 Å². The first-order chi connectivity index (χ1) is 38.1. The van der Waals surface area contributed by atoms with E-state index in [-0.39, 0.29) is 29.6 Å². The van der Waals surface area contributed by atoms with Gasteiger partial charge in [-0.2, -0.15) is 0 Å². The highest BCUT2D eigenvalue weighted by atomic mass is 16.1. The van der Waals surface area contributed by atoms with Gasteiger partial charge < -0.3 is 0 Å². The molecule has 0 saturated heterocycles. The standard InChI is InChI=1S/C23H36O.C21H38O.C11H22O.C9H18O.C7H14O.C4H10/c1-4-5-6-7-8-9-10-11-12-13-14-15-16-17-18-19-20-21-23(24)22(2)3;1-4-5-6-7-8-9-10-11-12-13-14-15-16-17-18-19-21(22)20(2)3;1-4-5-6-7-8-9-11(12)10(2)3;1-4-5-6-7-9(10)8(2)3;1-4-5-7(8)6(2)3;1-4(2)3/h5-6,8-9,11-12,14-15,17-18,22H,4,7,10,13,16,19-21H2,1-3H3;9-10,12-13,20H,4-8,11,14-19H2,1-3H3;10H,4-9H2,1-3H3;8H,4-7H2,1-3H3;6H,4-5H2,1-3H3;4H,1-3H3/b6-5-,9-8-,12-11-,15-14-,18-17-;10-9-,13-12-;;;;. The van der Waals surface area contributed by atoms with Crippen molar-refractivity contribution in [3.8, 4) is 0 Å². The van der Waals surface area contributed by atoms with Gasteiger partial charge >= 0.3 is 0 Å². The third-order valence-electron chi connectivity index (χ3n) is 12.6. The molecule has 0 saturated carbocycles. The molecule has 0 aromatic heterocycles. The summed E-state index contributed by atoms with van der Waals surface area (Å²) in [6.45, 7) is 37.0. The number of hydrogen-bond donors (Lipinski definition) is 0. The minimum atomic E-state index is 0.179. The number of carbonyl (C=O) groups excluding carboxylic acids is 5. The molecule has 0 fully saturated rings. The SMILES string of the molecule is CC(C)C.CC/C=C\C/C=C\C/C=C\C/C=C\C/C=C\CCCC(=O)C(C)C.CCCC(=O)C(C)C.CCCCCC(=O)C(C)C.CCCCCC/C=C\C/C=C\CCCCCCC(=O)C(C)C.CCCCCCCC(=O)C(C)C. The minimum Gasteiger partial charge on any atom is -0.299 e. The number of allylic oxidation sites excluding steroid dienone is 14. The Balaban J connectivity index is -0.000000222. The van der Waals surface area contributed by atoms with Crippen molar-refractivity contribution < 1.29 is 24.0 Å². The predicted molar refractivity (Wildman–Crippen MR) is 360 cm³/mol. The quantitative estimate of drug-likeness (QED) is 0.0448. The van der Waals surface area contributed by atoms with Crippen molar-refractivity contribution in [1.82, 2.24) is 0 Å². The predicted octanol–water partition coefficient (Wildman–Crippen LogP) is 24.2. The molecule has 5 heteroatoms. The smallest absolute Gasteiger partial charge is 0.135 e. The van der Waals surface area contributed by atoms with E-state index >= 15 is 0 Å². The van der Waals surface area contributed by atoms with Crippen LogP contribution in [0.15, 0.2) is 85.1 Å². The van der Waals surface area contributed by atoms with Crippen LogP contribution in [-0.2, 0) is 24.0 Å². The zero-order valence-electron chi connectivity index (χ0n) is 56.7. The lowest BCUT2D eigenvalue weighted by molar-refractivity contribution is -0.122. The second-order valence-electron chi connectivity index (χ2n) is 23.8. The average molecular weight is 1120 g/mol. The lowest BCUT2D eigenvalue weighted by atomic mass is 10.0. The third-order valence-corrected chi connectivity index (χ3v) is 12.6. The summed E-state index contributed by atoms with van der Waals surface area (Å²) in [7, 11) is 0. The van der Waals surface area contributed by atoms with Crippen LogP contribution in [0.25, 0.3) is 0 Å². The fourth-order valence-corrected chi connectivity index (χ4v) is 7.02. The molecule has 0 aliphatic carbocycles. The molecule has 0 N–H and O–H groups in total. The zero-order valence-corrected chi connectivity index (χ0v) is 56.7. The normalized spacial score (nSPS) is 11.6. The van der Waals surface area contributed by atoms with Gasteiger partial charge in [0, 0.05) is 61.7 Å². The molecule has 0 atom stereocenters. The van der Waals surface area contributed by atoms with E-state index in [1.54, 1.807) is 0 Å². The molecular formula is C75H138O5. The molecule has 0 bridgehead atoms. The van der Waals surface area contributed by atoms with E-state index in [0.29, 0.717) is 35.3 Å². The molecule has 80 heavy (non-hydrogen) atoms. The second kappa shape index (κ2) is 73.5. The highest BCUT2D eigenvalue weighted by molar-refractivity contribution is 5.81. The van der Waals surface area contributed by atoms with E-state index in [9.17, 15) is 24.0 Å². The fourth-order valence-electron chi connectivity index (χ4n) is 7.02. The van der Waals surface area contributed by atoms with Crippen LogP contribution in [0.1, 0.15) is 330 Å². The summed E-state index contributed by atoms with van der Waals surface area (Å²) in [6, 6.07) is 0.